The Morgan fingerprint density at radius 1 is 1.41 bits per heavy atom. The number of hydrogen-bond acceptors (Lipinski definition) is 4. The van der Waals surface area contributed by atoms with Crippen molar-refractivity contribution in [2.24, 2.45) is 0 Å². The summed E-state index contributed by atoms with van der Waals surface area (Å²) < 4.78 is 32.0. The maximum atomic E-state index is 12.4. The van der Waals surface area contributed by atoms with Crippen molar-refractivity contribution in [3.63, 3.8) is 0 Å². The average Bonchev–Trinajstić information content (AvgIpc) is 2.47. The van der Waals surface area contributed by atoms with Gasteiger partial charge in [-0.25, -0.2) is 8.42 Å². The molecule has 1 aromatic carbocycles. The molecule has 1 fully saturated rings. The van der Waals surface area contributed by atoms with Crippen LogP contribution < -0.4 is 0 Å². The van der Waals surface area contributed by atoms with Crippen LogP contribution in [0.15, 0.2) is 24.3 Å². The number of aliphatic hydroxyl groups excluding tert-OH is 1. The van der Waals surface area contributed by atoms with Crippen LogP contribution in [0.25, 0.3) is 0 Å². The van der Waals surface area contributed by atoms with Crippen molar-refractivity contribution in [2.45, 2.75) is 38.0 Å². The topological polar surface area (TPSA) is 66.8 Å². The highest BCUT2D eigenvalue weighted by Crippen LogP contribution is 2.26. The molecule has 1 N–H and O–H groups in total. The minimum absolute atomic E-state index is 0.192. The van der Waals surface area contributed by atoms with Gasteiger partial charge in [0, 0.05) is 19.5 Å². The predicted molar refractivity (Wildman–Crippen MR) is 86.3 cm³/mol. The zero-order valence-electron chi connectivity index (χ0n) is 13.4. The van der Waals surface area contributed by atoms with E-state index in [0.29, 0.717) is 19.6 Å². The zero-order chi connectivity index (χ0) is 16.4. The van der Waals surface area contributed by atoms with Crippen molar-refractivity contribution < 1.29 is 18.3 Å². The lowest BCUT2D eigenvalue weighted by Gasteiger charge is -2.41. The van der Waals surface area contributed by atoms with Crippen LogP contribution in [0.2, 0.25) is 0 Å². The lowest BCUT2D eigenvalue weighted by Crippen LogP contribution is -2.57. The Hall–Kier alpha value is -0.950. The highest BCUT2D eigenvalue weighted by atomic mass is 32.2. The van der Waals surface area contributed by atoms with Crippen LogP contribution >= 0.6 is 0 Å². The van der Waals surface area contributed by atoms with Gasteiger partial charge in [0.05, 0.1) is 18.5 Å². The van der Waals surface area contributed by atoms with E-state index in [1.807, 2.05) is 31.2 Å². The molecule has 0 saturated carbocycles. The Morgan fingerprint density at radius 3 is 2.73 bits per heavy atom. The lowest BCUT2D eigenvalue weighted by atomic mass is 9.93. The van der Waals surface area contributed by atoms with E-state index in [1.54, 1.807) is 13.8 Å². The monoisotopic (exact) mass is 327 g/mol. The second kappa shape index (κ2) is 6.66. The summed E-state index contributed by atoms with van der Waals surface area (Å²) in [6.07, 6.45) is 0.495. The predicted octanol–water partition coefficient (Wildman–Crippen LogP) is 1.34. The van der Waals surface area contributed by atoms with Crippen LogP contribution in [0, 0.1) is 6.92 Å². The number of nitrogens with zero attached hydrogens (tertiary/aromatic N) is 1. The number of rotatable bonds is 5. The van der Waals surface area contributed by atoms with E-state index >= 15 is 0 Å². The van der Waals surface area contributed by atoms with Crippen molar-refractivity contribution in [1.29, 1.82) is 0 Å². The molecule has 0 unspecified atom stereocenters. The average molecular weight is 327 g/mol. The number of aliphatic hydroxyl groups is 1. The van der Waals surface area contributed by atoms with Crippen molar-refractivity contribution in [2.75, 3.05) is 26.3 Å². The van der Waals surface area contributed by atoms with E-state index in [0.717, 1.165) is 11.1 Å². The maximum Gasteiger partial charge on any atom is 0.216 e. The largest absolute Gasteiger partial charge is 0.393 e. The van der Waals surface area contributed by atoms with Crippen LogP contribution in [0.3, 0.4) is 0 Å². The molecule has 0 aliphatic carbocycles. The SMILES string of the molecule is Cc1cccc(C[C@]2(CO)CN(S(=O)(=O)C(C)C)CCO2)c1. The number of hydrogen-bond donors (Lipinski definition) is 1. The van der Waals surface area contributed by atoms with Crippen molar-refractivity contribution in [3.05, 3.63) is 35.4 Å². The second-order valence-electron chi connectivity index (χ2n) is 6.28. The molecule has 22 heavy (non-hydrogen) atoms. The summed E-state index contributed by atoms with van der Waals surface area (Å²) in [6.45, 7) is 5.99. The Morgan fingerprint density at radius 2 is 2.14 bits per heavy atom. The molecule has 1 aliphatic rings. The highest BCUT2D eigenvalue weighted by molar-refractivity contribution is 7.89. The van der Waals surface area contributed by atoms with Gasteiger partial charge in [0.25, 0.3) is 0 Å². The summed E-state index contributed by atoms with van der Waals surface area (Å²) in [6, 6.07) is 7.98. The summed E-state index contributed by atoms with van der Waals surface area (Å²) >= 11 is 0. The third-order valence-corrected chi connectivity index (χ3v) is 6.29. The van der Waals surface area contributed by atoms with Crippen LogP contribution in [-0.4, -0.2) is 55.0 Å². The summed E-state index contributed by atoms with van der Waals surface area (Å²) in [4.78, 5) is 0. The molecule has 1 heterocycles. The molecule has 0 radical (unpaired) electrons. The first kappa shape index (κ1) is 17.4. The van der Waals surface area contributed by atoms with Crippen LogP contribution in [-0.2, 0) is 21.2 Å². The number of morpholine rings is 1. The van der Waals surface area contributed by atoms with E-state index < -0.39 is 20.9 Å². The molecular formula is C16H25NO4S. The third-order valence-electron chi connectivity index (χ3n) is 4.07. The van der Waals surface area contributed by atoms with Gasteiger partial charge in [0.2, 0.25) is 10.0 Å². The summed E-state index contributed by atoms with van der Waals surface area (Å²) in [5, 5.41) is 9.38. The van der Waals surface area contributed by atoms with E-state index in [9.17, 15) is 13.5 Å². The van der Waals surface area contributed by atoms with Crippen molar-refractivity contribution in [1.82, 2.24) is 4.31 Å². The van der Waals surface area contributed by atoms with Gasteiger partial charge < -0.3 is 9.84 Å². The first-order valence-corrected chi connectivity index (χ1v) is 9.09. The highest BCUT2D eigenvalue weighted by Gasteiger charge is 2.41. The van der Waals surface area contributed by atoms with Gasteiger partial charge in [-0.15, -0.1) is 0 Å². The van der Waals surface area contributed by atoms with E-state index in [1.165, 1.54) is 4.31 Å². The Bertz CT molecular complexity index is 614. The Balaban J connectivity index is 2.22. The van der Waals surface area contributed by atoms with Crippen molar-refractivity contribution in [3.8, 4) is 0 Å². The van der Waals surface area contributed by atoms with Crippen LogP contribution in [0.1, 0.15) is 25.0 Å². The fourth-order valence-corrected chi connectivity index (χ4v) is 4.12. The normalized spacial score (nSPS) is 23.9. The minimum atomic E-state index is -3.34. The van der Waals surface area contributed by atoms with Crippen LogP contribution in [0.5, 0.6) is 0 Å². The quantitative estimate of drug-likeness (QED) is 0.886. The number of ether oxygens (including phenoxy) is 1. The smallest absolute Gasteiger partial charge is 0.216 e. The number of sulfonamides is 1. The van der Waals surface area contributed by atoms with E-state index in [2.05, 4.69) is 0 Å². The van der Waals surface area contributed by atoms with Gasteiger partial charge in [0.15, 0.2) is 0 Å². The molecule has 5 nitrogen and oxygen atoms in total. The molecule has 1 aliphatic heterocycles. The summed E-state index contributed by atoms with van der Waals surface area (Å²) in [7, 11) is -3.34. The van der Waals surface area contributed by atoms with Gasteiger partial charge in [-0.05, 0) is 26.3 Å². The molecule has 0 spiro atoms. The molecular weight excluding hydrogens is 302 g/mol. The summed E-state index contributed by atoms with van der Waals surface area (Å²) in [5.41, 5.74) is 1.31. The lowest BCUT2D eigenvalue weighted by molar-refractivity contribution is -0.115. The molecule has 0 bridgehead atoms. The van der Waals surface area contributed by atoms with Gasteiger partial charge in [0.1, 0.15) is 5.60 Å². The Labute approximate surface area is 133 Å². The molecule has 1 saturated heterocycles. The molecule has 1 aromatic rings. The van der Waals surface area contributed by atoms with Gasteiger partial charge in [-0.2, -0.15) is 4.31 Å². The molecule has 6 heteroatoms. The van der Waals surface area contributed by atoms with Gasteiger partial charge in [-0.1, -0.05) is 29.8 Å². The first-order valence-electron chi connectivity index (χ1n) is 7.58. The Kier molecular flexibility index (Phi) is 5.27. The molecule has 1 atom stereocenters. The standard InChI is InChI=1S/C16H25NO4S/c1-13(2)22(19,20)17-7-8-21-16(11-17,12-18)10-15-6-4-5-14(3)9-15/h4-6,9,13,18H,7-8,10-12H2,1-3H3/t16-/m1/s1. The first-order chi connectivity index (χ1) is 10.3. The zero-order valence-corrected chi connectivity index (χ0v) is 14.3. The molecule has 0 amide bonds. The van der Waals surface area contributed by atoms with Crippen molar-refractivity contribution >= 4 is 10.0 Å². The second-order valence-corrected chi connectivity index (χ2v) is 8.77. The summed E-state index contributed by atoms with van der Waals surface area (Å²) in [5.74, 6) is 0. The van der Waals surface area contributed by atoms with Gasteiger partial charge in [-0.3, -0.25) is 0 Å². The fraction of sp³-hybridized carbons (Fsp3) is 0.625. The number of aryl methyl sites for hydroxylation is 1. The number of benzene rings is 1. The maximum absolute atomic E-state index is 12.4. The third kappa shape index (κ3) is 3.68. The minimum Gasteiger partial charge on any atom is -0.393 e. The fourth-order valence-electron chi connectivity index (χ4n) is 2.78. The van der Waals surface area contributed by atoms with E-state index in [-0.39, 0.29) is 13.2 Å². The van der Waals surface area contributed by atoms with E-state index in [4.69, 9.17) is 4.74 Å². The molecule has 124 valence electrons. The van der Waals surface area contributed by atoms with Crippen LogP contribution in [0.4, 0.5) is 0 Å². The molecule has 2 rings (SSSR count). The van der Waals surface area contributed by atoms with Gasteiger partial charge >= 0.3 is 0 Å². The molecule has 0 aromatic heterocycles.